The van der Waals surface area contributed by atoms with Crippen LogP contribution in [0.3, 0.4) is 0 Å². The maximum atomic E-state index is 6.14. The third kappa shape index (κ3) is 5.78. The number of piperidine rings is 1. The molecule has 0 bridgehead atoms. The van der Waals surface area contributed by atoms with E-state index in [0.29, 0.717) is 22.0 Å². The van der Waals surface area contributed by atoms with Gasteiger partial charge in [-0.3, -0.25) is 9.89 Å². The number of hydrogen-bond donors (Lipinski definition) is 2. The monoisotopic (exact) mass is 448 g/mol. The minimum atomic E-state index is 0.416. The van der Waals surface area contributed by atoms with E-state index < -0.39 is 0 Å². The van der Waals surface area contributed by atoms with Crippen LogP contribution < -0.4 is 15.5 Å². The van der Waals surface area contributed by atoms with Crippen molar-refractivity contribution in [3.05, 3.63) is 45.9 Å². The number of rotatable bonds is 5. The van der Waals surface area contributed by atoms with Gasteiger partial charge in [-0.05, 0) is 68.8 Å². The highest BCUT2D eigenvalue weighted by Crippen LogP contribution is 2.26. The number of halogens is 2. The van der Waals surface area contributed by atoms with Gasteiger partial charge < -0.3 is 15.5 Å². The van der Waals surface area contributed by atoms with Crippen molar-refractivity contribution < 1.29 is 0 Å². The number of likely N-dealkylation sites (tertiary alicyclic amines) is 1. The normalized spacial score (nSPS) is 17.7. The van der Waals surface area contributed by atoms with Gasteiger partial charge in [0.2, 0.25) is 5.96 Å². The zero-order chi connectivity index (χ0) is 21.7. The fraction of sp³-hybridized carbons (Fsp3) is 0.455. The van der Waals surface area contributed by atoms with E-state index in [1.165, 1.54) is 13.0 Å². The van der Waals surface area contributed by atoms with Gasteiger partial charge in [0.25, 0.3) is 0 Å². The summed E-state index contributed by atoms with van der Waals surface area (Å²) >= 11 is 12.2. The number of aromatic nitrogens is 1. The zero-order valence-electron chi connectivity index (χ0n) is 18.0. The molecule has 0 saturated carbocycles. The predicted octanol–water partition coefficient (Wildman–Crippen LogP) is 5.13. The largest absolute Gasteiger partial charge is 0.366 e. The van der Waals surface area contributed by atoms with E-state index in [-0.39, 0.29) is 0 Å². The summed E-state index contributed by atoms with van der Waals surface area (Å²) in [6.07, 6.45) is 2.38. The zero-order valence-corrected chi connectivity index (χ0v) is 19.6. The molecule has 8 heteroatoms. The molecule has 6 nitrogen and oxygen atoms in total. The van der Waals surface area contributed by atoms with Crippen molar-refractivity contribution in [3.8, 4) is 0 Å². The van der Waals surface area contributed by atoms with Gasteiger partial charge in [0.05, 0.1) is 10.0 Å². The molecule has 1 aromatic carbocycles. The summed E-state index contributed by atoms with van der Waals surface area (Å²) in [6.45, 7) is 7.62. The van der Waals surface area contributed by atoms with Gasteiger partial charge >= 0.3 is 0 Å². The first-order valence-corrected chi connectivity index (χ1v) is 11.1. The molecule has 2 aromatic rings. The minimum absolute atomic E-state index is 0.416. The molecule has 1 fully saturated rings. The van der Waals surface area contributed by atoms with Crippen LogP contribution in [0.25, 0.3) is 0 Å². The smallest absolute Gasteiger partial charge is 0.203 e. The Morgan fingerprint density at radius 2 is 2.07 bits per heavy atom. The maximum Gasteiger partial charge on any atom is 0.203 e. The van der Waals surface area contributed by atoms with E-state index in [4.69, 9.17) is 28.2 Å². The lowest BCUT2D eigenvalue weighted by molar-refractivity contribution is 0.226. The molecular weight excluding hydrogens is 419 g/mol. The Bertz CT molecular complexity index is 901. The summed E-state index contributed by atoms with van der Waals surface area (Å²) in [7, 11) is 3.69. The van der Waals surface area contributed by atoms with E-state index in [1.54, 1.807) is 19.2 Å². The Morgan fingerprint density at radius 1 is 1.27 bits per heavy atom. The molecule has 0 radical (unpaired) electrons. The van der Waals surface area contributed by atoms with Crippen molar-refractivity contribution in [1.82, 2.24) is 9.88 Å². The summed E-state index contributed by atoms with van der Waals surface area (Å²) in [5.74, 6) is 2.37. The topological polar surface area (TPSA) is 55.8 Å². The highest BCUT2D eigenvalue weighted by Gasteiger charge is 2.19. The third-order valence-electron chi connectivity index (χ3n) is 5.31. The van der Waals surface area contributed by atoms with Crippen molar-refractivity contribution in [3.63, 3.8) is 0 Å². The van der Waals surface area contributed by atoms with Crippen LogP contribution in [-0.2, 0) is 0 Å². The molecule has 0 amide bonds. The van der Waals surface area contributed by atoms with Crippen LogP contribution in [0, 0.1) is 6.92 Å². The van der Waals surface area contributed by atoms with Crippen LogP contribution in [0.5, 0.6) is 0 Å². The molecule has 30 heavy (non-hydrogen) atoms. The van der Waals surface area contributed by atoms with Gasteiger partial charge in [-0.1, -0.05) is 30.1 Å². The first-order valence-electron chi connectivity index (χ1n) is 10.3. The van der Waals surface area contributed by atoms with E-state index >= 15 is 0 Å². The number of nitrogens with zero attached hydrogens (tertiary/aromatic N) is 4. The SMILES string of the molecule is CCN1CCCC(Nc2cc(C)cc(N(C)/C(=N/C)Nc3ccc(Cl)c(Cl)c3)n2)C1. The third-order valence-corrected chi connectivity index (χ3v) is 6.05. The first-order chi connectivity index (χ1) is 14.4. The molecule has 1 unspecified atom stereocenters. The van der Waals surface area contributed by atoms with E-state index in [0.717, 1.165) is 42.4 Å². The number of benzene rings is 1. The Hall–Kier alpha value is -2.02. The average Bonchev–Trinajstić information content (AvgIpc) is 2.73. The quantitative estimate of drug-likeness (QED) is 0.490. The molecule has 0 aliphatic carbocycles. The Balaban J connectivity index is 1.75. The molecule has 2 heterocycles. The number of likely N-dealkylation sites (N-methyl/N-ethyl adjacent to an activating group) is 1. The Labute approximate surface area is 189 Å². The van der Waals surface area contributed by atoms with Crippen LogP contribution in [0.2, 0.25) is 10.0 Å². The molecule has 1 atom stereocenters. The van der Waals surface area contributed by atoms with E-state index in [9.17, 15) is 0 Å². The minimum Gasteiger partial charge on any atom is -0.366 e. The summed E-state index contributed by atoms with van der Waals surface area (Å²) in [6, 6.07) is 9.97. The van der Waals surface area contributed by atoms with Crippen LogP contribution in [0.1, 0.15) is 25.3 Å². The number of guanidine groups is 1. The van der Waals surface area contributed by atoms with Gasteiger partial charge in [0, 0.05) is 32.4 Å². The predicted molar refractivity (Wildman–Crippen MR) is 130 cm³/mol. The number of aryl methyl sites for hydroxylation is 1. The van der Waals surface area contributed by atoms with Crippen molar-refractivity contribution >= 4 is 46.5 Å². The van der Waals surface area contributed by atoms with Gasteiger partial charge in [0.1, 0.15) is 11.6 Å². The molecule has 0 spiro atoms. The standard InChI is InChI=1S/C22H30Cl2N6/c1-5-30-10-6-7-17(14-30)26-20-11-15(2)12-21(28-20)29(4)22(25-3)27-16-8-9-18(23)19(24)13-16/h8-9,11-13,17H,5-7,10,14H2,1-4H3,(H,25,27)(H,26,28). The second kappa shape index (κ2) is 10.3. The number of pyridine rings is 1. The molecule has 2 N–H and O–H groups in total. The first kappa shape index (κ1) is 22.7. The van der Waals surface area contributed by atoms with Crippen molar-refractivity contribution in [2.75, 3.05) is 49.3 Å². The maximum absolute atomic E-state index is 6.14. The van der Waals surface area contributed by atoms with Crippen LogP contribution in [0.15, 0.2) is 35.3 Å². The van der Waals surface area contributed by atoms with Crippen molar-refractivity contribution in [2.45, 2.75) is 32.7 Å². The molecular formula is C22H30Cl2N6. The number of nitrogens with one attached hydrogen (secondary N) is 2. The summed E-state index contributed by atoms with van der Waals surface area (Å²) in [5.41, 5.74) is 1.95. The molecule has 1 aliphatic rings. The molecule has 162 valence electrons. The fourth-order valence-corrected chi connectivity index (χ4v) is 3.96. The lowest BCUT2D eigenvalue weighted by Gasteiger charge is -2.32. The fourth-order valence-electron chi connectivity index (χ4n) is 3.67. The van der Waals surface area contributed by atoms with Gasteiger partial charge in [-0.15, -0.1) is 0 Å². The summed E-state index contributed by atoms with van der Waals surface area (Å²) in [5, 5.41) is 7.94. The lowest BCUT2D eigenvalue weighted by Crippen LogP contribution is -2.42. The van der Waals surface area contributed by atoms with Crippen molar-refractivity contribution in [2.24, 2.45) is 4.99 Å². The molecule has 1 aromatic heterocycles. The summed E-state index contributed by atoms with van der Waals surface area (Å²) in [4.78, 5) is 13.7. The van der Waals surface area contributed by atoms with Crippen LogP contribution in [0.4, 0.5) is 17.3 Å². The van der Waals surface area contributed by atoms with Gasteiger partial charge in [0.15, 0.2) is 0 Å². The molecule has 1 saturated heterocycles. The highest BCUT2D eigenvalue weighted by molar-refractivity contribution is 6.42. The van der Waals surface area contributed by atoms with Crippen molar-refractivity contribution in [1.29, 1.82) is 0 Å². The molecule has 3 rings (SSSR count). The summed E-state index contributed by atoms with van der Waals surface area (Å²) < 4.78 is 0. The number of hydrogen-bond acceptors (Lipinski definition) is 4. The average molecular weight is 449 g/mol. The van der Waals surface area contributed by atoms with Crippen LogP contribution >= 0.6 is 23.2 Å². The number of aliphatic imine (C=N–C) groups is 1. The van der Waals surface area contributed by atoms with E-state index in [2.05, 4.69) is 40.4 Å². The highest BCUT2D eigenvalue weighted by atomic mass is 35.5. The number of anilines is 3. The molecule has 1 aliphatic heterocycles. The second-order valence-corrected chi connectivity index (χ2v) is 8.44. The van der Waals surface area contributed by atoms with Crippen LogP contribution in [-0.4, -0.2) is 55.6 Å². The lowest BCUT2D eigenvalue weighted by atomic mass is 10.1. The van der Waals surface area contributed by atoms with Gasteiger partial charge in [-0.2, -0.15) is 0 Å². The Kier molecular flexibility index (Phi) is 7.81. The van der Waals surface area contributed by atoms with Gasteiger partial charge in [-0.25, -0.2) is 4.98 Å². The van der Waals surface area contributed by atoms with E-state index in [1.807, 2.05) is 24.1 Å². The second-order valence-electron chi connectivity index (χ2n) is 7.62. The Morgan fingerprint density at radius 3 is 2.77 bits per heavy atom.